The molecule has 1 heterocycles. The van der Waals surface area contributed by atoms with Crippen molar-refractivity contribution in [1.29, 1.82) is 0 Å². The molecular weight excluding hydrogens is 264 g/mol. The van der Waals surface area contributed by atoms with E-state index in [1.165, 1.54) is 7.11 Å². The molecule has 6 nitrogen and oxygen atoms in total. The topological polar surface area (TPSA) is 67.1 Å². The van der Waals surface area contributed by atoms with Gasteiger partial charge in [0.05, 0.1) is 20.3 Å². The highest BCUT2D eigenvalue weighted by atomic mass is 16.5. The Morgan fingerprint density at radius 1 is 1.20 bits per heavy atom. The van der Waals surface area contributed by atoms with Crippen molar-refractivity contribution >= 4 is 5.97 Å². The van der Waals surface area contributed by atoms with Crippen molar-refractivity contribution in [2.45, 2.75) is 19.4 Å². The van der Waals surface area contributed by atoms with Gasteiger partial charge in [-0.15, -0.1) is 0 Å². The molecule has 20 heavy (non-hydrogen) atoms. The van der Waals surface area contributed by atoms with Gasteiger partial charge in [-0.3, -0.25) is 0 Å². The first-order valence-electron chi connectivity index (χ1n) is 6.55. The second kappa shape index (κ2) is 9.52. The third kappa shape index (κ3) is 5.73. The first-order chi connectivity index (χ1) is 9.69. The molecule has 1 aromatic heterocycles. The van der Waals surface area contributed by atoms with Gasteiger partial charge < -0.3 is 23.4 Å². The Bertz CT molecular complexity index is 387. The molecule has 0 fully saturated rings. The number of esters is 1. The van der Waals surface area contributed by atoms with E-state index >= 15 is 0 Å². The molecular formula is C14H22O6. The molecule has 0 radical (unpaired) electrons. The van der Waals surface area contributed by atoms with Gasteiger partial charge in [0, 0.05) is 20.3 Å². The Balaban J connectivity index is 2.20. The standard InChI is InChI=1S/C14H22O6/c1-11(19-8-4-7-18-10-9-16-2)12-5-6-13(20-12)14(15)17-3/h5-6,11H,4,7-10H2,1-3H3. The fourth-order valence-corrected chi connectivity index (χ4v) is 1.53. The third-order valence-corrected chi connectivity index (χ3v) is 2.65. The maximum atomic E-state index is 11.3. The maximum Gasteiger partial charge on any atom is 0.373 e. The number of hydrogen-bond donors (Lipinski definition) is 0. The van der Waals surface area contributed by atoms with E-state index in [-0.39, 0.29) is 11.9 Å². The molecule has 114 valence electrons. The highest BCUT2D eigenvalue weighted by Gasteiger charge is 2.15. The zero-order chi connectivity index (χ0) is 14.8. The zero-order valence-corrected chi connectivity index (χ0v) is 12.2. The van der Waals surface area contributed by atoms with Gasteiger partial charge in [0.25, 0.3) is 0 Å². The summed E-state index contributed by atoms with van der Waals surface area (Å²) in [4.78, 5) is 11.3. The molecule has 0 aliphatic rings. The molecule has 0 N–H and O–H groups in total. The van der Waals surface area contributed by atoms with Crippen LogP contribution in [0, 0.1) is 0 Å². The average Bonchev–Trinajstić information content (AvgIpc) is 2.95. The van der Waals surface area contributed by atoms with E-state index in [0.717, 1.165) is 6.42 Å². The van der Waals surface area contributed by atoms with Gasteiger partial charge in [0.2, 0.25) is 5.76 Å². The normalized spacial score (nSPS) is 12.3. The van der Waals surface area contributed by atoms with Crippen LogP contribution in [0.1, 0.15) is 35.8 Å². The van der Waals surface area contributed by atoms with Crippen molar-refractivity contribution < 1.29 is 28.2 Å². The Labute approximate surface area is 118 Å². The minimum atomic E-state index is -0.491. The number of methoxy groups -OCH3 is 2. The molecule has 1 atom stereocenters. The predicted octanol–water partition coefficient (Wildman–Crippen LogP) is 2.20. The Hall–Kier alpha value is -1.37. The van der Waals surface area contributed by atoms with Crippen LogP contribution in [0.4, 0.5) is 0 Å². The summed E-state index contributed by atoms with van der Waals surface area (Å²) in [7, 11) is 2.95. The molecule has 6 heteroatoms. The van der Waals surface area contributed by atoms with Gasteiger partial charge in [0.15, 0.2) is 0 Å². The number of furan rings is 1. The number of ether oxygens (including phenoxy) is 4. The van der Waals surface area contributed by atoms with Gasteiger partial charge in [-0.05, 0) is 25.5 Å². The zero-order valence-electron chi connectivity index (χ0n) is 12.2. The molecule has 0 bridgehead atoms. The molecule has 1 rings (SSSR count). The van der Waals surface area contributed by atoms with Crippen LogP contribution in [0.5, 0.6) is 0 Å². The summed E-state index contributed by atoms with van der Waals surface area (Å²) in [6, 6.07) is 3.29. The lowest BCUT2D eigenvalue weighted by Crippen LogP contribution is -2.07. The molecule has 0 aromatic carbocycles. The van der Waals surface area contributed by atoms with Crippen molar-refractivity contribution in [2.24, 2.45) is 0 Å². The number of carbonyl (C=O) groups excluding carboxylic acids is 1. The van der Waals surface area contributed by atoms with Crippen LogP contribution in [0.25, 0.3) is 0 Å². The Morgan fingerprint density at radius 3 is 2.70 bits per heavy atom. The van der Waals surface area contributed by atoms with Crippen molar-refractivity contribution in [3.63, 3.8) is 0 Å². The van der Waals surface area contributed by atoms with E-state index in [0.29, 0.717) is 32.2 Å². The minimum Gasteiger partial charge on any atom is -0.463 e. The van der Waals surface area contributed by atoms with E-state index in [9.17, 15) is 4.79 Å². The maximum absolute atomic E-state index is 11.3. The molecule has 0 amide bonds. The Morgan fingerprint density at radius 2 is 2.00 bits per heavy atom. The van der Waals surface area contributed by atoms with Crippen LogP contribution in [0.15, 0.2) is 16.5 Å². The number of carbonyl (C=O) groups is 1. The first kappa shape index (κ1) is 16.7. The van der Waals surface area contributed by atoms with Crippen LogP contribution >= 0.6 is 0 Å². The quantitative estimate of drug-likeness (QED) is 0.485. The summed E-state index contributed by atoms with van der Waals surface area (Å²) < 4.78 is 25.7. The lowest BCUT2D eigenvalue weighted by Gasteiger charge is -2.10. The molecule has 1 aromatic rings. The first-order valence-corrected chi connectivity index (χ1v) is 6.55. The molecule has 0 aliphatic heterocycles. The van der Waals surface area contributed by atoms with E-state index in [1.807, 2.05) is 6.92 Å². The minimum absolute atomic E-state index is 0.181. The largest absolute Gasteiger partial charge is 0.463 e. The number of rotatable bonds is 10. The number of hydrogen-bond acceptors (Lipinski definition) is 6. The SMILES string of the molecule is COCCOCCCOC(C)c1ccc(C(=O)OC)o1. The van der Waals surface area contributed by atoms with Gasteiger partial charge in [-0.25, -0.2) is 4.79 Å². The molecule has 0 saturated heterocycles. The van der Waals surface area contributed by atoms with Crippen LogP contribution in [-0.4, -0.2) is 46.6 Å². The van der Waals surface area contributed by atoms with Crippen molar-refractivity contribution in [3.8, 4) is 0 Å². The van der Waals surface area contributed by atoms with Crippen LogP contribution < -0.4 is 0 Å². The fraction of sp³-hybridized carbons (Fsp3) is 0.643. The average molecular weight is 286 g/mol. The van der Waals surface area contributed by atoms with Crippen LogP contribution in [0.2, 0.25) is 0 Å². The van der Waals surface area contributed by atoms with E-state index in [1.54, 1.807) is 19.2 Å². The van der Waals surface area contributed by atoms with Crippen LogP contribution in [0.3, 0.4) is 0 Å². The highest BCUT2D eigenvalue weighted by Crippen LogP contribution is 2.20. The van der Waals surface area contributed by atoms with E-state index in [4.69, 9.17) is 18.6 Å². The van der Waals surface area contributed by atoms with Gasteiger partial charge in [-0.2, -0.15) is 0 Å². The lowest BCUT2D eigenvalue weighted by atomic mass is 10.3. The lowest BCUT2D eigenvalue weighted by molar-refractivity contribution is 0.0211. The van der Waals surface area contributed by atoms with E-state index in [2.05, 4.69) is 4.74 Å². The fourth-order valence-electron chi connectivity index (χ4n) is 1.53. The van der Waals surface area contributed by atoms with Crippen molar-refractivity contribution in [1.82, 2.24) is 0 Å². The van der Waals surface area contributed by atoms with Gasteiger partial charge in [-0.1, -0.05) is 0 Å². The molecule has 1 unspecified atom stereocenters. The molecule has 0 saturated carbocycles. The molecule has 0 aliphatic carbocycles. The summed E-state index contributed by atoms with van der Waals surface area (Å²) in [5.74, 6) is 0.293. The summed E-state index contributed by atoms with van der Waals surface area (Å²) in [5.41, 5.74) is 0. The summed E-state index contributed by atoms with van der Waals surface area (Å²) in [6.45, 7) is 4.24. The smallest absolute Gasteiger partial charge is 0.373 e. The second-order valence-corrected chi connectivity index (χ2v) is 4.17. The Kier molecular flexibility index (Phi) is 7.94. The van der Waals surface area contributed by atoms with Gasteiger partial charge in [0.1, 0.15) is 11.9 Å². The summed E-state index contributed by atoms with van der Waals surface area (Å²) >= 11 is 0. The monoisotopic (exact) mass is 286 g/mol. The van der Waals surface area contributed by atoms with Crippen LogP contribution in [-0.2, 0) is 18.9 Å². The van der Waals surface area contributed by atoms with E-state index < -0.39 is 5.97 Å². The third-order valence-electron chi connectivity index (χ3n) is 2.65. The summed E-state index contributed by atoms with van der Waals surface area (Å²) in [5, 5.41) is 0. The van der Waals surface area contributed by atoms with Crippen molar-refractivity contribution in [3.05, 3.63) is 23.7 Å². The molecule has 0 spiro atoms. The predicted molar refractivity (Wildman–Crippen MR) is 71.7 cm³/mol. The van der Waals surface area contributed by atoms with Gasteiger partial charge >= 0.3 is 5.97 Å². The highest BCUT2D eigenvalue weighted by molar-refractivity contribution is 5.86. The summed E-state index contributed by atoms with van der Waals surface area (Å²) in [6.07, 6.45) is 0.575. The van der Waals surface area contributed by atoms with Crippen molar-refractivity contribution in [2.75, 3.05) is 40.6 Å². The second-order valence-electron chi connectivity index (χ2n) is 4.17.